The van der Waals surface area contributed by atoms with Crippen LogP contribution in [0, 0.1) is 6.92 Å². The van der Waals surface area contributed by atoms with Gasteiger partial charge in [0.1, 0.15) is 12.3 Å². The molecule has 1 amide bonds. The number of aryl methyl sites for hydroxylation is 1. The highest BCUT2D eigenvalue weighted by Crippen LogP contribution is 2.30. The molecule has 0 atom stereocenters. The minimum Gasteiger partial charge on any atom is -0.491 e. The molecule has 0 spiro atoms. The van der Waals surface area contributed by atoms with Gasteiger partial charge >= 0.3 is 0 Å². The molecule has 0 saturated carbocycles. The summed E-state index contributed by atoms with van der Waals surface area (Å²) in [6.07, 6.45) is 1.57. The molecule has 0 aliphatic carbocycles. The Labute approximate surface area is 212 Å². The Morgan fingerprint density at radius 2 is 1.74 bits per heavy atom. The van der Waals surface area contributed by atoms with Crippen molar-refractivity contribution in [2.24, 2.45) is 0 Å². The van der Waals surface area contributed by atoms with Crippen LogP contribution in [0.5, 0.6) is 5.75 Å². The zero-order chi connectivity index (χ0) is 25.4. The summed E-state index contributed by atoms with van der Waals surface area (Å²) >= 11 is 6.26. The van der Waals surface area contributed by atoms with Crippen molar-refractivity contribution in [1.29, 1.82) is 0 Å². The fourth-order valence-electron chi connectivity index (χ4n) is 3.64. The van der Waals surface area contributed by atoms with E-state index in [9.17, 15) is 13.2 Å². The molecule has 0 radical (unpaired) electrons. The van der Waals surface area contributed by atoms with Crippen molar-refractivity contribution in [2.45, 2.75) is 44.6 Å². The Kier molecular flexibility index (Phi) is 9.18. The quantitative estimate of drug-likeness (QED) is 0.348. The summed E-state index contributed by atoms with van der Waals surface area (Å²) in [6, 6.07) is 21.0. The number of halogens is 1. The van der Waals surface area contributed by atoms with E-state index in [1.165, 1.54) is 12.1 Å². The van der Waals surface area contributed by atoms with Crippen LogP contribution in [0.25, 0.3) is 0 Å². The lowest BCUT2D eigenvalue weighted by molar-refractivity contribution is -0.119. The number of nitrogens with zero attached hydrogens (tertiary/aromatic N) is 1. The SMILES string of the molecule is Cc1c(Cl)cccc1N(CC(=O)NCCCc1cccc(OC(C)C)c1)S(=O)(=O)c1ccccc1. The molecule has 3 aromatic carbocycles. The van der Waals surface area contributed by atoms with Crippen molar-refractivity contribution in [2.75, 3.05) is 17.4 Å². The lowest BCUT2D eigenvalue weighted by atomic mass is 10.1. The number of nitrogens with one attached hydrogen (secondary N) is 1. The molecule has 35 heavy (non-hydrogen) atoms. The highest BCUT2D eigenvalue weighted by molar-refractivity contribution is 7.92. The highest BCUT2D eigenvalue weighted by Gasteiger charge is 2.28. The van der Waals surface area contributed by atoms with Gasteiger partial charge in [0.05, 0.1) is 16.7 Å². The van der Waals surface area contributed by atoms with E-state index in [0.29, 0.717) is 29.2 Å². The van der Waals surface area contributed by atoms with Crippen molar-refractivity contribution in [3.63, 3.8) is 0 Å². The van der Waals surface area contributed by atoms with Gasteiger partial charge in [-0.15, -0.1) is 0 Å². The van der Waals surface area contributed by atoms with Gasteiger partial charge in [-0.2, -0.15) is 0 Å². The second kappa shape index (κ2) is 12.1. The first kappa shape index (κ1) is 26.6. The van der Waals surface area contributed by atoms with Gasteiger partial charge in [0, 0.05) is 11.6 Å². The van der Waals surface area contributed by atoms with E-state index < -0.39 is 10.0 Å². The maximum atomic E-state index is 13.4. The fourth-order valence-corrected chi connectivity index (χ4v) is 5.31. The Morgan fingerprint density at radius 1 is 1.03 bits per heavy atom. The smallest absolute Gasteiger partial charge is 0.264 e. The number of rotatable bonds is 11. The zero-order valence-electron chi connectivity index (χ0n) is 20.2. The van der Waals surface area contributed by atoms with Crippen LogP contribution < -0.4 is 14.4 Å². The molecule has 0 unspecified atom stereocenters. The monoisotopic (exact) mass is 514 g/mol. The number of benzene rings is 3. The summed E-state index contributed by atoms with van der Waals surface area (Å²) in [5, 5.41) is 3.28. The van der Waals surface area contributed by atoms with E-state index in [0.717, 1.165) is 22.0 Å². The van der Waals surface area contributed by atoms with Crippen LogP contribution in [0.4, 0.5) is 5.69 Å². The molecule has 0 aromatic heterocycles. The van der Waals surface area contributed by atoms with Crippen LogP contribution in [0.2, 0.25) is 5.02 Å². The van der Waals surface area contributed by atoms with E-state index in [2.05, 4.69) is 5.32 Å². The largest absolute Gasteiger partial charge is 0.491 e. The number of anilines is 1. The van der Waals surface area contributed by atoms with Crippen molar-refractivity contribution < 1.29 is 17.9 Å². The molecule has 186 valence electrons. The average Bonchev–Trinajstić information content (AvgIpc) is 2.83. The predicted molar refractivity (Wildman–Crippen MR) is 141 cm³/mol. The van der Waals surface area contributed by atoms with Crippen LogP contribution in [0.15, 0.2) is 77.7 Å². The maximum absolute atomic E-state index is 13.4. The first-order chi connectivity index (χ1) is 16.7. The minimum absolute atomic E-state index is 0.0998. The zero-order valence-corrected chi connectivity index (χ0v) is 21.8. The van der Waals surface area contributed by atoms with Crippen molar-refractivity contribution in [3.8, 4) is 5.75 Å². The highest BCUT2D eigenvalue weighted by atomic mass is 35.5. The number of ether oxygens (including phenoxy) is 1. The molecule has 3 rings (SSSR count). The van der Waals surface area contributed by atoms with Crippen LogP contribution >= 0.6 is 11.6 Å². The summed E-state index contributed by atoms with van der Waals surface area (Å²) in [5.41, 5.74) is 2.07. The van der Waals surface area contributed by atoms with Crippen molar-refractivity contribution in [3.05, 3.63) is 88.9 Å². The predicted octanol–water partition coefficient (Wildman–Crippen LogP) is 5.38. The van der Waals surface area contributed by atoms with Crippen molar-refractivity contribution >= 4 is 33.2 Å². The second-order valence-electron chi connectivity index (χ2n) is 8.48. The van der Waals surface area contributed by atoms with E-state index in [-0.39, 0.29) is 23.5 Å². The summed E-state index contributed by atoms with van der Waals surface area (Å²) in [7, 11) is -3.98. The summed E-state index contributed by atoms with van der Waals surface area (Å²) in [4.78, 5) is 12.9. The van der Waals surface area contributed by atoms with Gasteiger partial charge < -0.3 is 10.1 Å². The molecule has 6 nitrogen and oxygen atoms in total. The molecule has 1 N–H and O–H groups in total. The average molecular weight is 515 g/mol. The van der Waals surface area contributed by atoms with Gasteiger partial charge in [-0.25, -0.2) is 8.42 Å². The number of carbonyl (C=O) groups is 1. The molecule has 0 saturated heterocycles. The van der Waals surface area contributed by atoms with Gasteiger partial charge in [0.25, 0.3) is 10.0 Å². The first-order valence-electron chi connectivity index (χ1n) is 11.5. The lowest BCUT2D eigenvalue weighted by Gasteiger charge is -2.26. The van der Waals surface area contributed by atoms with E-state index >= 15 is 0 Å². The van der Waals surface area contributed by atoms with Gasteiger partial charge in [-0.1, -0.05) is 48.0 Å². The van der Waals surface area contributed by atoms with Gasteiger partial charge in [-0.3, -0.25) is 9.10 Å². The number of hydrogen-bond acceptors (Lipinski definition) is 4. The number of carbonyl (C=O) groups excluding carboxylic acids is 1. The summed E-state index contributed by atoms with van der Waals surface area (Å²) in [5.74, 6) is 0.431. The third kappa shape index (κ3) is 7.23. The number of sulfonamides is 1. The van der Waals surface area contributed by atoms with Crippen LogP contribution in [0.1, 0.15) is 31.4 Å². The van der Waals surface area contributed by atoms with Gasteiger partial charge in [0.15, 0.2) is 0 Å². The maximum Gasteiger partial charge on any atom is 0.264 e. The summed E-state index contributed by atoms with van der Waals surface area (Å²) in [6.45, 7) is 5.76. The third-order valence-electron chi connectivity index (χ3n) is 5.36. The first-order valence-corrected chi connectivity index (χ1v) is 13.4. The molecule has 0 aliphatic heterocycles. The third-order valence-corrected chi connectivity index (χ3v) is 7.54. The molecule has 0 heterocycles. The van der Waals surface area contributed by atoms with Gasteiger partial charge in [-0.05, 0) is 81.1 Å². The normalized spacial score (nSPS) is 11.3. The minimum atomic E-state index is -3.98. The number of hydrogen-bond donors (Lipinski definition) is 1. The van der Waals surface area contributed by atoms with Crippen molar-refractivity contribution in [1.82, 2.24) is 5.32 Å². The standard InChI is InChI=1S/C27H31ClN2O4S/c1-20(2)34-23-12-7-10-22(18-23)11-9-17-29-27(31)19-30(26-16-8-15-25(28)21(26)3)35(32,33)24-13-5-4-6-14-24/h4-8,10,12-16,18,20H,9,11,17,19H2,1-3H3,(H,29,31). The van der Waals surface area contributed by atoms with E-state index in [1.54, 1.807) is 43.3 Å². The van der Waals surface area contributed by atoms with Gasteiger partial charge in [0.2, 0.25) is 5.91 Å². The molecule has 8 heteroatoms. The van der Waals surface area contributed by atoms with E-state index in [4.69, 9.17) is 16.3 Å². The summed E-state index contributed by atoms with van der Waals surface area (Å²) < 4.78 is 33.7. The Hall–Kier alpha value is -3.03. The Morgan fingerprint density at radius 3 is 2.46 bits per heavy atom. The molecule has 0 fully saturated rings. The topological polar surface area (TPSA) is 75.7 Å². The van der Waals surface area contributed by atoms with Crippen LogP contribution in [-0.2, 0) is 21.2 Å². The number of amides is 1. The molecule has 0 bridgehead atoms. The van der Waals surface area contributed by atoms with Crippen LogP contribution in [-0.4, -0.2) is 33.5 Å². The fraction of sp³-hybridized carbons (Fsp3) is 0.296. The lowest BCUT2D eigenvalue weighted by Crippen LogP contribution is -2.41. The Bertz CT molecular complexity index is 1250. The van der Waals surface area contributed by atoms with Crippen LogP contribution in [0.3, 0.4) is 0 Å². The van der Waals surface area contributed by atoms with E-state index in [1.807, 2.05) is 38.1 Å². The molecule has 3 aromatic rings. The molecule has 0 aliphatic rings. The molecular formula is C27H31ClN2O4S. The molecular weight excluding hydrogens is 484 g/mol. The second-order valence-corrected chi connectivity index (χ2v) is 10.7. The Balaban J connectivity index is 1.68.